The van der Waals surface area contributed by atoms with Crippen molar-refractivity contribution in [3.63, 3.8) is 0 Å². The van der Waals surface area contributed by atoms with Gasteiger partial charge in [-0.25, -0.2) is 4.98 Å². The third kappa shape index (κ3) is 3.20. The highest BCUT2D eigenvalue weighted by Crippen LogP contribution is 2.24. The lowest BCUT2D eigenvalue weighted by molar-refractivity contribution is 0.0674. The third-order valence-electron chi connectivity index (χ3n) is 4.60. The SMILES string of the molecule is C[C@H]1CN(C(=O)c2csc(N)n2)Cc2nnc(CCc3ccccc3)n21. The minimum atomic E-state index is -0.107. The zero-order valence-electron chi connectivity index (χ0n) is 14.5. The number of aryl methyl sites for hydroxylation is 2. The summed E-state index contributed by atoms with van der Waals surface area (Å²) in [5, 5.41) is 10.8. The Hall–Kier alpha value is -2.74. The van der Waals surface area contributed by atoms with Gasteiger partial charge in [0.25, 0.3) is 5.91 Å². The summed E-state index contributed by atoms with van der Waals surface area (Å²) in [6.45, 7) is 3.15. The molecule has 0 radical (unpaired) electrons. The van der Waals surface area contributed by atoms with Crippen LogP contribution in [0.25, 0.3) is 0 Å². The number of nitrogens with zero attached hydrogens (tertiary/aromatic N) is 5. The number of benzene rings is 1. The van der Waals surface area contributed by atoms with Gasteiger partial charge in [0.2, 0.25) is 0 Å². The van der Waals surface area contributed by atoms with Gasteiger partial charge in [-0.3, -0.25) is 4.79 Å². The highest BCUT2D eigenvalue weighted by atomic mass is 32.1. The molecule has 7 nitrogen and oxygen atoms in total. The van der Waals surface area contributed by atoms with Gasteiger partial charge in [-0.2, -0.15) is 0 Å². The fourth-order valence-corrected chi connectivity index (χ4v) is 3.92. The van der Waals surface area contributed by atoms with E-state index in [-0.39, 0.29) is 11.9 Å². The summed E-state index contributed by atoms with van der Waals surface area (Å²) in [4.78, 5) is 18.5. The smallest absolute Gasteiger partial charge is 0.273 e. The van der Waals surface area contributed by atoms with Gasteiger partial charge < -0.3 is 15.2 Å². The monoisotopic (exact) mass is 368 g/mol. The molecule has 0 unspecified atom stereocenters. The van der Waals surface area contributed by atoms with Crippen molar-refractivity contribution in [2.45, 2.75) is 32.4 Å². The van der Waals surface area contributed by atoms with Crippen LogP contribution in [0.4, 0.5) is 5.13 Å². The van der Waals surface area contributed by atoms with E-state index in [1.807, 2.05) is 18.2 Å². The maximum Gasteiger partial charge on any atom is 0.273 e. The number of nitrogens with two attached hydrogens (primary N) is 1. The standard InChI is InChI=1S/C18H20N6OS/c1-12-9-23(17(25)14-11-26-18(19)20-14)10-16-22-21-15(24(12)16)8-7-13-5-3-2-4-6-13/h2-6,11-12H,7-10H2,1H3,(H2,19,20)/t12-/m0/s1. The van der Waals surface area contributed by atoms with E-state index in [9.17, 15) is 4.79 Å². The summed E-state index contributed by atoms with van der Waals surface area (Å²) in [6.07, 6.45) is 1.75. The first kappa shape index (κ1) is 16.7. The second kappa shape index (κ2) is 6.87. The zero-order chi connectivity index (χ0) is 18.1. The van der Waals surface area contributed by atoms with Gasteiger partial charge in [-0.1, -0.05) is 30.3 Å². The molecule has 3 aromatic rings. The van der Waals surface area contributed by atoms with Crippen LogP contribution in [-0.4, -0.2) is 37.1 Å². The van der Waals surface area contributed by atoms with Crippen LogP contribution in [0.5, 0.6) is 0 Å². The zero-order valence-corrected chi connectivity index (χ0v) is 15.3. The summed E-state index contributed by atoms with van der Waals surface area (Å²) in [5.74, 6) is 1.69. The Morgan fingerprint density at radius 3 is 2.81 bits per heavy atom. The molecule has 8 heteroatoms. The minimum Gasteiger partial charge on any atom is -0.375 e. The molecule has 134 valence electrons. The van der Waals surface area contributed by atoms with E-state index < -0.39 is 0 Å². The maximum atomic E-state index is 12.6. The van der Waals surface area contributed by atoms with Crippen molar-refractivity contribution >= 4 is 22.4 Å². The van der Waals surface area contributed by atoms with Gasteiger partial charge in [0.05, 0.1) is 12.6 Å². The average molecular weight is 368 g/mol. The van der Waals surface area contributed by atoms with E-state index in [1.54, 1.807) is 10.3 Å². The van der Waals surface area contributed by atoms with E-state index in [1.165, 1.54) is 16.9 Å². The Labute approximate surface area is 155 Å². The first-order valence-electron chi connectivity index (χ1n) is 8.58. The first-order chi connectivity index (χ1) is 12.6. The fourth-order valence-electron chi connectivity index (χ4n) is 3.39. The maximum absolute atomic E-state index is 12.6. The van der Waals surface area contributed by atoms with Crippen molar-refractivity contribution in [2.75, 3.05) is 12.3 Å². The van der Waals surface area contributed by atoms with Gasteiger partial charge in [0, 0.05) is 18.3 Å². The van der Waals surface area contributed by atoms with Crippen molar-refractivity contribution in [3.05, 3.63) is 58.6 Å². The number of rotatable bonds is 4. The Kier molecular flexibility index (Phi) is 4.42. The number of anilines is 1. The second-order valence-corrected chi connectivity index (χ2v) is 7.38. The highest BCUT2D eigenvalue weighted by molar-refractivity contribution is 7.13. The predicted octanol–water partition coefficient (Wildman–Crippen LogP) is 2.32. The molecule has 0 spiro atoms. The topological polar surface area (TPSA) is 89.9 Å². The molecule has 0 aliphatic carbocycles. The molecule has 0 saturated heterocycles. The average Bonchev–Trinajstić information content (AvgIpc) is 3.26. The van der Waals surface area contributed by atoms with Crippen molar-refractivity contribution in [3.8, 4) is 0 Å². The number of hydrogen-bond donors (Lipinski definition) is 1. The highest BCUT2D eigenvalue weighted by Gasteiger charge is 2.30. The van der Waals surface area contributed by atoms with Gasteiger partial charge in [0.1, 0.15) is 11.5 Å². The summed E-state index contributed by atoms with van der Waals surface area (Å²) in [5.41, 5.74) is 7.33. The van der Waals surface area contributed by atoms with Crippen molar-refractivity contribution in [1.29, 1.82) is 0 Å². The molecule has 0 fully saturated rings. The molecular formula is C18H20N6OS. The van der Waals surface area contributed by atoms with Crippen molar-refractivity contribution in [1.82, 2.24) is 24.6 Å². The van der Waals surface area contributed by atoms with Crippen LogP contribution < -0.4 is 5.73 Å². The number of carbonyl (C=O) groups excluding carboxylic acids is 1. The number of nitrogen functional groups attached to an aromatic ring is 1. The molecule has 2 N–H and O–H groups in total. The van der Waals surface area contributed by atoms with Crippen LogP contribution in [-0.2, 0) is 19.4 Å². The van der Waals surface area contributed by atoms with Crippen LogP contribution in [0, 0.1) is 0 Å². The molecule has 0 bridgehead atoms. The second-order valence-electron chi connectivity index (χ2n) is 6.49. The lowest BCUT2D eigenvalue weighted by Crippen LogP contribution is -2.41. The number of fused-ring (bicyclic) bond motifs is 1. The Morgan fingerprint density at radius 2 is 2.08 bits per heavy atom. The normalized spacial score (nSPS) is 16.5. The molecule has 1 atom stereocenters. The summed E-state index contributed by atoms with van der Waals surface area (Å²) in [7, 11) is 0. The molecule has 26 heavy (non-hydrogen) atoms. The van der Waals surface area contributed by atoms with Crippen LogP contribution in [0.3, 0.4) is 0 Å². The Morgan fingerprint density at radius 1 is 1.27 bits per heavy atom. The largest absolute Gasteiger partial charge is 0.375 e. The van der Waals surface area contributed by atoms with Gasteiger partial charge in [-0.05, 0) is 18.9 Å². The number of hydrogen-bond acceptors (Lipinski definition) is 6. The summed E-state index contributed by atoms with van der Waals surface area (Å²) in [6, 6.07) is 10.5. The van der Waals surface area contributed by atoms with Gasteiger partial charge >= 0.3 is 0 Å². The summed E-state index contributed by atoms with van der Waals surface area (Å²) < 4.78 is 2.17. The van der Waals surface area contributed by atoms with Crippen LogP contribution in [0.15, 0.2) is 35.7 Å². The molecule has 1 aliphatic rings. The minimum absolute atomic E-state index is 0.107. The summed E-state index contributed by atoms with van der Waals surface area (Å²) >= 11 is 1.28. The molecule has 2 aromatic heterocycles. The molecule has 1 aromatic carbocycles. The molecular weight excluding hydrogens is 348 g/mol. The molecule has 4 rings (SSSR count). The van der Waals surface area contributed by atoms with Gasteiger partial charge in [-0.15, -0.1) is 21.5 Å². The quantitative estimate of drug-likeness (QED) is 0.763. The number of amides is 1. The van der Waals surface area contributed by atoms with Crippen LogP contribution in [0.2, 0.25) is 0 Å². The molecule has 1 amide bonds. The van der Waals surface area contributed by atoms with E-state index in [2.05, 4.69) is 38.8 Å². The van der Waals surface area contributed by atoms with Crippen LogP contribution in [0.1, 0.15) is 40.7 Å². The van der Waals surface area contributed by atoms with Crippen molar-refractivity contribution in [2.24, 2.45) is 0 Å². The van der Waals surface area contributed by atoms with E-state index in [0.717, 1.165) is 24.5 Å². The molecule has 1 aliphatic heterocycles. The van der Waals surface area contributed by atoms with Gasteiger partial charge in [0.15, 0.2) is 11.0 Å². The number of thiazole rings is 1. The Balaban J connectivity index is 1.50. The Bertz CT molecular complexity index is 919. The number of carbonyl (C=O) groups is 1. The van der Waals surface area contributed by atoms with E-state index >= 15 is 0 Å². The lowest BCUT2D eigenvalue weighted by Gasteiger charge is -2.32. The van der Waals surface area contributed by atoms with Crippen molar-refractivity contribution < 1.29 is 4.79 Å². The van der Waals surface area contributed by atoms with E-state index in [0.29, 0.717) is 23.9 Å². The van der Waals surface area contributed by atoms with Crippen LogP contribution >= 0.6 is 11.3 Å². The lowest BCUT2D eigenvalue weighted by atomic mass is 10.1. The molecule has 3 heterocycles. The predicted molar refractivity (Wildman–Crippen MR) is 99.8 cm³/mol. The fraction of sp³-hybridized carbons (Fsp3) is 0.333. The van der Waals surface area contributed by atoms with E-state index in [4.69, 9.17) is 5.73 Å². The number of aromatic nitrogens is 4. The first-order valence-corrected chi connectivity index (χ1v) is 9.46. The third-order valence-corrected chi connectivity index (χ3v) is 5.28. The molecule has 0 saturated carbocycles.